The van der Waals surface area contributed by atoms with Crippen LogP contribution in [-0.2, 0) is 11.4 Å². The quantitative estimate of drug-likeness (QED) is 0.594. The minimum absolute atomic E-state index is 0.364. The highest BCUT2D eigenvalue weighted by molar-refractivity contribution is 7.90. The first-order valence-corrected chi connectivity index (χ1v) is 4.88. The van der Waals surface area contributed by atoms with Crippen molar-refractivity contribution in [1.82, 2.24) is 4.31 Å². The van der Waals surface area contributed by atoms with Crippen molar-refractivity contribution < 1.29 is 13.3 Å². The molecule has 1 rings (SSSR count). The van der Waals surface area contributed by atoms with Crippen molar-refractivity contribution in [3.05, 3.63) is 0 Å². The lowest BCUT2D eigenvalue weighted by molar-refractivity contribution is -0.0951. The molecule has 0 amide bonds. The molecule has 1 heterocycles. The number of alkyl halides is 2. The average Bonchev–Trinajstić information content (AvgIpc) is 1.78. The van der Waals surface area contributed by atoms with Crippen LogP contribution in [0.5, 0.6) is 0 Å². The summed E-state index contributed by atoms with van der Waals surface area (Å²) < 4.78 is 37.0. The second kappa shape index (κ2) is 2.82. The largest absolute Gasteiger partial charge is 0.597 e. The number of hydrogen-bond donors (Lipinski definition) is 0. The molecule has 12 heavy (non-hydrogen) atoms. The maximum absolute atomic E-state index is 12.4. The van der Waals surface area contributed by atoms with Crippen molar-refractivity contribution in [2.24, 2.45) is 0 Å². The van der Waals surface area contributed by atoms with Gasteiger partial charge in [-0.25, -0.2) is 8.78 Å². The monoisotopic (exact) mass is 197 g/mol. The van der Waals surface area contributed by atoms with Crippen LogP contribution in [0.2, 0.25) is 0 Å². The Hall–Kier alpha value is 0.130. The third-order valence-corrected chi connectivity index (χ3v) is 3.35. The molecule has 0 radical (unpaired) electrons. The van der Waals surface area contributed by atoms with Crippen LogP contribution in [0.1, 0.15) is 20.8 Å². The van der Waals surface area contributed by atoms with Crippen molar-refractivity contribution >= 4 is 11.4 Å². The van der Waals surface area contributed by atoms with Crippen LogP contribution in [0.4, 0.5) is 8.78 Å². The van der Waals surface area contributed by atoms with Gasteiger partial charge in [0.15, 0.2) is 0 Å². The molecule has 0 saturated carbocycles. The Morgan fingerprint density at radius 3 is 2.00 bits per heavy atom. The van der Waals surface area contributed by atoms with E-state index in [9.17, 15) is 13.3 Å². The summed E-state index contributed by atoms with van der Waals surface area (Å²) in [7, 11) is 0. The zero-order chi connectivity index (χ0) is 9.57. The molecule has 0 unspecified atom stereocenters. The van der Waals surface area contributed by atoms with Gasteiger partial charge < -0.3 is 4.55 Å². The van der Waals surface area contributed by atoms with Crippen LogP contribution < -0.4 is 0 Å². The summed E-state index contributed by atoms with van der Waals surface area (Å²) in [6, 6.07) is 0. The van der Waals surface area contributed by atoms with E-state index in [4.69, 9.17) is 0 Å². The lowest BCUT2D eigenvalue weighted by atomic mass is 10.2. The van der Waals surface area contributed by atoms with Gasteiger partial charge in [0.1, 0.15) is 17.8 Å². The Bertz CT molecular complexity index is 173. The highest BCUT2D eigenvalue weighted by Crippen LogP contribution is 2.33. The van der Waals surface area contributed by atoms with Crippen LogP contribution in [0.15, 0.2) is 0 Å². The Balaban J connectivity index is 2.43. The van der Waals surface area contributed by atoms with E-state index in [2.05, 4.69) is 0 Å². The molecule has 72 valence electrons. The van der Waals surface area contributed by atoms with E-state index in [1.54, 1.807) is 20.8 Å². The van der Waals surface area contributed by atoms with Crippen LogP contribution in [0, 0.1) is 0 Å². The van der Waals surface area contributed by atoms with Crippen LogP contribution in [0.25, 0.3) is 0 Å². The van der Waals surface area contributed by atoms with Gasteiger partial charge in [-0.15, -0.1) is 4.31 Å². The Morgan fingerprint density at radius 1 is 1.33 bits per heavy atom. The fourth-order valence-corrected chi connectivity index (χ4v) is 2.36. The van der Waals surface area contributed by atoms with Gasteiger partial charge in [0, 0.05) is 11.4 Å². The summed E-state index contributed by atoms with van der Waals surface area (Å²) in [5.41, 5.74) is 0. The second-order valence-corrected chi connectivity index (χ2v) is 6.25. The van der Waals surface area contributed by atoms with Gasteiger partial charge in [-0.2, -0.15) is 0 Å². The summed E-state index contributed by atoms with van der Waals surface area (Å²) in [5.74, 6) is -2.62. The smallest absolute Gasteiger partial charge is 0.281 e. The van der Waals surface area contributed by atoms with Gasteiger partial charge >= 0.3 is 0 Å². The molecule has 0 N–H and O–H groups in total. The molecule has 2 nitrogen and oxygen atoms in total. The fraction of sp³-hybridized carbons (Fsp3) is 1.00. The predicted molar refractivity (Wildman–Crippen MR) is 44.4 cm³/mol. The normalized spacial score (nSPS) is 26.5. The highest BCUT2D eigenvalue weighted by atomic mass is 32.2. The van der Waals surface area contributed by atoms with Crippen molar-refractivity contribution in [3.8, 4) is 0 Å². The topological polar surface area (TPSA) is 26.3 Å². The van der Waals surface area contributed by atoms with Crippen LogP contribution in [0.3, 0.4) is 0 Å². The fourth-order valence-electron chi connectivity index (χ4n) is 0.974. The third kappa shape index (κ3) is 2.08. The molecule has 0 aliphatic carbocycles. The average molecular weight is 197 g/mol. The summed E-state index contributed by atoms with van der Waals surface area (Å²) in [6.07, 6.45) is 0. The molecule has 1 atom stereocenters. The maximum atomic E-state index is 12.4. The van der Waals surface area contributed by atoms with Gasteiger partial charge in [0.05, 0.1) is 0 Å². The summed E-state index contributed by atoms with van der Waals surface area (Å²) in [5, 5.41) is 0. The van der Waals surface area contributed by atoms with E-state index in [-0.39, 0.29) is 13.1 Å². The molecular formula is C7H13F2NOS. The minimum atomic E-state index is -2.62. The lowest BCUT2D eigenvalue weighted by Crippen LogP contribution is -2.61. The number of nitrogens with zero attached hydrogens (tertiary/aromatic N) is 1. The molecule has 0 aromatic rings. The van der Waals surface area contributed by atoms with Crippen molar-refractivity contribution in [2.45, 2.75) is 31.4 Å². The first-order chi connectivity index (χ1) is 5.22. The van der Waals surface area contributed by atoms with Gasteiger partial charge in [-0.1, -0.05) is 0 Å². The van der Waals surface area contributed by atoms with E-state index in [0.717, 1.165) is 0 Å². The number of halogens is 2. The van der Waals surface area contributed by atoms with E-state index in [1.165, 1.54) is 4.31 Å². The van der Waals surface area contributed by atoms with Crippen molar-refractivity contribution in [1.29, 1.82) is 0 Å². The van der Waals surface area contributed by atoms with Crippen molar-refractivity contribution in [3.63, 3.8) is 0 Å². The van der Waals surface area contributed by atoms with E-state index in [0.29, 0.717) is 0 Å². The first kappa shape index (κ1) is 10.2. The summed E-state index contributed by atoms with van der Waals surface area (Å²) in [6.45, 7) is 4.60. The molecule has 0 aromatic carbocycles. The first-order valence-electron chi connectivity index (χ1n) is 3.77. The number of rotatable bonds is 1. The second-order valence-electron chi connectivity index (χ2n) is 4.02. The SMILES string of the molecule is CC(C)(C)[S@+]([O-])N1CC(F)(F)C1. The van der Waals surface area contributed by atoms with Crippen molar-refractivity contribution in [2.75, 3.05) is 13.1 Å². The third-order valence-electron chi connectivity index (χ3n) is 1.57. The minimum Gasteiger partial charge on any atom is -0.597 e. The number of hydrogen-bond acceptors (Lipinski definition) is 2. The Kier molecular flexibility index (Phi) is 2.40. The molecule has 1 fully saturated rings. The zero-order valence-corrected chi connectivity index (χ0v) is 8.25. The molecular weight excluding hydrogens is 184 g/mol. The highest BCUT2D eigenvalue weighted by Gasteiger charge is 2.52. The predicted octanol–water partition coefficient (Wildman–Crippen LogP) is 1.40. The maximum Gasteiger partial charge on any atom is 0.281 e. The molecule has 5 heteroatoms. The molecule has 0 bridgehead atoms. The Labute approximate surface area is 74.2 Å². The molecule has 0 aromatic heterocycles. The molecule has 0 spiro atoms. The molecule has 1 aliphatic heterocycles. The summed E-state index contributed by atoms with van der Waals surface area (Å²) in [4.78, 5) is 0. The molecule has 1 aliphatic rings. The lowest BCUT2D eigenvalue weighted by Gasteiger charge is -2.41. The van der Waals surface area contributed by atoms with E-state index >= 15 is 0 Å². The van der Waals surface area contributed by atoms with E-state index in [1.807, 2.05) is 0 Å². The van der Waals surface area contributed by atoms with Crippen LogP contribution >= 0.6 is 0 Å². The Morgan fingerprint density at radius 2 is 1.75 bits per heavy atom. The van der Waals surface area contributed by atoms with Gasteiger partial charge in [0.2, 0.25) is 0 Å². The van der Waals surface area contributed by atoms with Gasteiger partial charge in [0.25, 0.3) is 5.92 Å². The van der Waals surface area contributed by atoms with E-state index < -0.39 is 22.0 Å². The standard InChI is InChI=1S/C7H13F2NOS/c1-6(2,3)12(11)10-4-7(8,9)5-10/h4-5H2,1-3H3/t12-/m0/s1. The molecule has 1 saturated heterocycles. The zero-order valence-electron chi connectivity index (χ0n) is 7.43. The van der Waals surface area contributed by atoms with Gasteiger partial charge in [-0.3, -0.25) is 0 Å². The van der Waals surface area contributed by atoms with Gasteiger partial charge in [-0.05, 0) is 20.8 Å². The van der Waals surface area contributed by atoms with Crippen LogP contribution in [-0.4, -0.2) is 32.6 Å². The summed E-state index contributed by atoms with van der Waals surface area (Å²) >= 11 is -1.29.